The van der Waals surface area contributed by atoms with Crippen LogP contribution in [0.4, 0.5) is 0 Å². The van der Waals surface area contributed by atoms with Crippen molar-refractivity contribution in [1.29, 1.82) is 0 Å². The summed E-state index contributed by atoms with van der Waals surface area (Å²) in [6.07, 6.45) is 0. The van der Waals surface area contributed by atoms with E-state index in [1.807, 2.05) is 43.3 Å². The maximum absolute atomic E-state index is 12.1. The van der Waals surface area contributed by atoms with Crippen molar-refractivity contribution in [2.75, 3.05) is 6.54 Å². The summed E-state index contributed by atoms with van der Waals surface area (Å²) in [5.41, 5.74) is 3.10. The predicted octanol–water partition coefficient (Wildman–Crippen LogP) is 3.31. The van der Waals surface area contributed by atoms with Gasteiger partial charge < -0.3 is 10.2 Å². The molecule has 0 bridgehead atoms. The number of nitrogens with zero attached hydrogens (tertiary/aromatic N) is 1. The molecule has 0 saturated carbocycles. The zero-order valence-electron chi connectivity index (χ0n) is 13.9. The molecule has 0 aliphatic rings. The summed E-state index contributed by atoms with van der Waals surface area (Å²) in [6, 6.07) is 15.1. The lowest BCUT2D eigenvalue weighted by Gasteiger charge is -2.21. The summed E-state index contributed by atoms with van der Waals surface area (Å²) in [6.45, 7) is 4.35. The number of amides is 2. The van der Waals surface area contributed by atoms with E-state index in [2.05, 4.69) is 5.32 Å². The summed E-state index contributed by atoms with van der Waals surface area (Å²) in [5, 5.41) is 3.49. The largest absolute Gasteiger partial charge is 0.350 e. The Balaban J connectivity index is 1.92. The van der Waals surface area contributed by atoms with Gasteiger partial charge in [-0.2, -0.15) is 0 Å². The second-order valence-electron chi connectivity index (χ2n) is 5.70. The Hall–Kier alpha value is -2.33. The molecular formula is C19H21ClN2O2. The van der Waals surface area contributed by atoms with Gasteiger partial charge in [0, 0.05) is 25.0 Å². The summed E-state index contributed by atoms with van der Waals surface area (Å²) < 4.78 is 0. The van der Waals surface area contributed by atoms with Gasteiger partial charge in [-0.3, -0.25) is 9.59 Å². The first-order valence-electron chi connectivity index (χ1n) is 7.77. The highest BCUT2D eigenvalue weighted by molar-refractivity contribution is 6.30. The summed E-state index contributed by atoms with van der Waals surface area (Å²) >= 11 is 5.84. The minimum atomic E-state index is -0.186. The van der Waals surface area contributed by atoms with Crippen LogP contribution in [-0.2, 0) is 22.7 Å². The first-order valence-corrected chi connectivity index (χ1v) is 8.14. The van der Waals surface area contributed by atoms with Gasteiger partial charge in [-0.15, -0.1) is 0 Å². The average Bonchev–Trinajstić information content (AvgIpc) is 2.55. The number of aryl methyl sites for hydroxylation is 1. The first-order chi connectivity index (χ1) is 11.5. The van der Waals surface area contributed by atoms with Crippen molar-refractivity contribution in [2.45, 2.75) is 26.9 Å². The highest BCUT2D eigenvalue weighted by atomic mass is 35.5. The summed E-state index contributed by atoms with van der Waals surface area (Å²) in [4.78, 5) is 25.5. The number of hydrogen-bond acceptors (Lipinski definition) is 2. The highest BCUT2D eigenvalue weighted by Crippen LogP contribution is 2.11. The number of nitrogens with one attached hydrogen (secondary N) is 1. The Bertz CT molecular complexity index is 714. The van der Waals surface area contributed by atoms with Crippen LogP contribution in [0, 0.1) is 6.92 Å². The molecule has 0 aliphatic heterocycles. The van der Waals surface area contributed by atoms with E-state index in [-0.39, 0.29) is 18.4 Å². The third kappa shape index (κ3) is 5.39. The van der Waals surface area contributed by atoms with E-state index in [1.54, 1.807) is 17.0 Å². The number of hydrogen-bond donors (Lipinski definition) is 1. The van der Waals surface area contributed by atoms with Crippen molar-refractivity contribution >= 4 is 23.4 Å². The SMILES string of the molecule is CC(=O)N(CC(=O)NCc1ccc(Cl)cc1)Cc1ccccc1C. The minimum absolute atomic E-state index is 0.0389. The topological polar surface area (TPSA) is 49.4 Å². The maximum Gasteiger partial charge on any atom is 0.239 e. The Kier molecular flexibility index (Phi) is 6.38. The molecule has 4 nitrogen and oxygen atoms in total. The number of carbonyl (C=O) groups excluding carboxylic acids is 2. The second kappa shape index (κ2) is 8.50. The molecule has 0 unspecified atom stereocenters. The van der Waals surface area contributed by atoms with Gasteiger partial charge >= 0.3 is 0 Å². The Morgan fingerprint density at radius 2 is 1.75 bits per heavy atom. The van der Waals surface area contributed by atoms with E-state index in [0.29, 0.717) is 18.1 Å². The molecule has 24 heavy (non-hydrogen) atoms. The van der Waals surface area contributed by atoms with E-state index in [9.17, 15) is 9.59 Å². The average molecular weight is 345 g/mol. The van der Waals surface area contributed by atoms with Gasteiger partial charge in [0.1, 0.15) is 0 Å². The molecule has 1 N–H and O–H groups in total. The van der Waals surface area contributed by atoms with Crippen LogP contribution in [0.15, 0.2) is 48.5 Å². The van der Waals surface area contributed by atoms with Crippen molar-refractivity contribution in [3.63, 3.8) is 0 Å². The minimum Gasteiger partial charge on any atom is -0.350 e. The number of rotatable bonds is 6. The van der Waals surface area contributed by atoms with Crippen LogP contribution >= 0.6 is 11.6 Å². The summed E-state index contributed by atoms with van der Waals surface area (Å²) in [5.74, 6) is -0.311. The second-order valence-corrected chi connectivity index (χ2v) is 6.14. The van der Waals surface area contributed by atoms with Gasteiger partial charge in [0.15, 0.2) is 0 Å². The lowest BCUT2D eigenvalue weighted by atomic mass is 10.1. The quantitative estimate of drug-likeness (QED) is 0.874. The van der Waals surface area contributed by atoms with Crippen LogP contribution in [0.2, 0.25) is 5.02 Å². The van der Waals surface area contributed by atoms with Crippen LogP contribution in [-0.4, -0.2) is 23.3 Å². The molecule has 2 amide bonds. The Morgan fingerprint density at radius 1 is 1.08 bits per heavy atom. The van der Waals surface area contributed by atoms with Crippen molar-refractivity contribution < 1.29 is 9.59 Å². The predicted molar refractivity (Wildman–Crippen MR) is 95.6 cm³/mol. The van der Waals surface area contributed by atoms with E-state index >= 15 is 0 Å². The molecule has 0 aromatic heterocycles. The zero-order chi connectivity index (χ0) is 17.5. The molecule has 0 atom stereocenters. The fourth-order valence-corrected chi connectivity index (χ4v) is 2.43. The molecule has 0 heterocycles. The van der Waals surface area contributed by atoms with Crippen molar-refractivity contribution in [3.05, 3.63) is 70.2 Å². The van der Waals surface area contributed by atoms with Gasteiger partial charge in [0.25, 0.3) is 0 Å². The van der Waals surface area contributed by atoms with Crippen LogP contribution in [0.1, 0.15) is 23.6 Å². The third-order valence-corrected chi connectivity index (χ3v) is 4.06. The molecule has 2 aromatic carbocycles. The van der Waals surface area contributed by atoms with Gasteiger partial charge in [-0.1, -0.05) is 48.0 Å². The standard InChI is InChI=1S/C19H21ClN2O2/c1-14-5-3-4-6-17(14)12-22(15(2)23)13-19(24)21-11-16-7-9-18(20)10-8-16/h3-10H,11-13H2,1-2H3,(H,21,24). The maximum atomic E-state index is 12.1. The molecule has 2 aromatic rings. The molecule has 2 rings (SSSR count). The van der Waals surface area contributed by atoms with Gasteiger partial charge in [-0.25, -0.2) is 0 Å². The van der Waals surface area contributed by atoms with Crippen molar-refractivity contribution in [2.24, 2.45) is 0 Å². The lowest BCUT2D eigenvalue weighted by Crippen LogP contribution is -2.39. The number of carbonyl (C=O) groups is 2. The normalized spacial score (nSPS) is 10.3. The molecule has 0 aliphatic carbocycles. The van der Waals surface area contributed by atoms with Crippen LogP contribution in [0.3, 0.4) is 0 Å². The Morgan fingerprint density at radius 3 is 2.38 bits per heavy atom. The number of benzene rings is 2. The van der Waals surface area contributed by atoms with E-state index in [4.69, 9.17) is 11.6 Å². The molecule has 126 valence electrons. The smallest absolute Gasteiger partial charge is 0.239 e. The fraction of sp³-hybridized carbons (Fsp3) is 0.263. The monoisotopic (exact) mass is 344 g/mol. The van der Waals surface area contributed by atoms with Crippen molar-refractivity contribution in [1.82, 2.24) is 10.2 Å². The van der Waals surface area contributed by atoms with Crippen LogP contribution in [0.25, 0.3) is 0 Å². The number of halogens is 1. The summed E-state index contributed by atoms with van der Waals surface area (Å²) in [7, 11) is 0. The van der Waals surface area contributed by atoms with E-state index < -0.39 is 0 Å². The molecule has 5 heteroatoms. The van der Waals surface area contributed by atoms with Gasteiger partial charge in [0.2, 0.25) is 11.8 Å². The highest BCUT2D eigenvalue weighted by Gasteiger charge is 2.14. The van der Waals surface area contributed by atoms with Gasteiger partial charge in [0.05, 0.1) is 6.54 Å². The molecule has 0 saturated heterocycles. The molecular weight excluding hydrogens is 324 g/mol. The van der Waals surface area contributed by atoms with Crippen LogP contribution < -0.4 is 5.32 Å². The van der Waals surface area contributed by atoms with Crippen LogP contribution in [0.5, 0.6) is 0 Å². The Labute approximate surface area is 147 Å². The van der Waals surface area contributed by atoms with E-state index in [0.717, 1.165) is 16.7 Å². The fourth-order valence-electron chi connectivity index (χ4n) is 2.30. The molecule has 0 fully saturated rings. The molecule has 0 radical (unpaired) electrons. The van der Waals surface area contributed by atoms with E-state index in [1.165, 1.54) is 6.92 Å². The zero-order valence-corrected chi connectivity index (χ0v) is 14.6. The molecule has 0 spiro atoms. The third-order valence-electron chi connectivity index (χ3n) is 3.81. The lowest BCUT2D eigenvalue weighted by molar-refractivity contribution is -0.135. The van der Waals surface area contributed by atoms with Gasteiger partial charge in [-0.05, 0) is 35.7 Å². The van der Waals surface area contributed by atoms with Crippen molar-refractivity contribution in [3.8, 4) is 0 Å². The first kappa shape index (κ1) is 18.0.